The van der Waals surface area contributed by atoms with Crippen molar-refractivity contribution in [3.8, 4) is 0 Å². The molecular weight excluding hydrogens is 194 g/mol. The molecule has 5 nitrogen and oxygen atoms in total. The Kier molecular flexibility index (Phi) is 9.27. The van der Waals surface area contributed by atoms with Crippen LogP contribution in [0, 0.1) is 0 Å². The number of aliphatic hydroxyl groups is 2. The molecule has 0 aliphatic rings. The first-order chi connectivity index (χ1) is 7.26. The molecule has 88 valence electrons. The number of nitrogens with zero attached hydrogens (tertiary/aromatic N) is 3. The van der Waals surface area contributed by atoms with Gasteiger partial charge >= 0.3 is 0 Å². The molecule has 2 atom stereocenters. The predicted octanol–water partition coefficient (Wildman–Crippen LogP) is 2.38. The van der Waals surface area contributed by atoms with Crippen molar-refractivity contribution in [3.63, 3.8) is 0 Å². The Morgan fingerprint density at radius 2 is 1.93 bits per heavy atom. The first-order valence-electron chi connectivity index (χ1n) is 5.59. The van der Waals surface area contributed by atoms with Gasteiger partial charge in [0.25, 0.3) is 0 Å². The summed E-state index contributed by atoms with van der Waals surface area (Å²) in [5.41, 5.74) is 8.19. The molecule has 0 aromatic heterocycles. The van der Waals surface area contributed by atoms with E-state index < -0.39 is 12.1 Å². The first-order valence-corrected chi connectivity index (χ1v) is 5.59. The van der Waals surface area contributed by atoms with Gasteiger partial charge in [0.2, 0.25) is 0 Å². The number of aliphatic hydroxyl groups excluding tert-OH is 2. The molecule has 0 amide bonds. The van der Waals surface area contributed by atoms with Crippen molar-refractivity contribution in [3.05, 3.63) is 10.4 Å². The number of hydrogen-bond donors (Lipinski definition) is 2. The van der Waals surface area contributed by atoms with E-state index in [0.717, 1.165) is 12.8 Å². The molecule has 0 fully saturated rings. The van der Waals surface area contributed by atoms with E-state index in [-0.39, 0.29) is 6.61 Å². The molecule has 0 saturated carbocycles. The molecule has 15 heavy (non-hydrogen) atoms. The topological polar surface area (TPSA) is 89.2 Å². The van der Waals surface area contributed by atoms with Gasteiger partial charge in [-0.1, -0.05) is 44.1 Å². The Balaban J connectivity index is 3.61. The van der Waals surface area contributed by atoms with E-state index in [1.165, 1.54) is 19.3 Å². The second-order valence-electron chi connectivity index (χ2n) is 3.73. The van der Waals surface area contributed by atoms with Crippen LogP contribution in [0.15, 0.2) is 5.11 Å². The molecule has 0 radical (unpaired) electrons. The normalized spacial score (nSPS) is 14.3. The van der Waals surface area contributed by atoms with Crippen LogP contribution in [-0.4, -0.2) is 29.0 Å². The molecular formula is C10H21N3O2. The number of rotatable bonds is 9. The smallest absolute Gasteiger partial charge is 0.0864 e. The summed E-state index contributed by atoms with van der Waals surface area (Å²) in [6.07, 6.45) is 5.46. The lowest BCUT2D eigenvalue weighted by Gasteiger charge is -2.15. The summed E-state index contributed by atoms with van der Waals surface area (Å²) in [6.45, 7) is 1.86. The van der Waals surface area contributed by atoms with Crippen LogP contribution >= 0.6 is 0 Å². The van der Waals surface area contributed by atoms with Crippen LogP contribution in [0.1, 0.15) is 45.4 Å². The van der Waals surface area contributed by atoms with Gasteiger partial charge < -0.3 is 10.2 Å². The van der Waals surface area contributed by atoms with Gasteiger partial charge in [0.1, 0.15) is 0 Å². The molecule has 0 rings (SSSR count). The minimum atomic E-state index is -0.715. The average Bonchev–Trinajstić information content (AvgIpc) is 2.25. The fourth-order valence-corrected chi connectivity index (χ4v) is 1.45. The fraction of sp³-hybridized carbons (Fsp3) is 1.00. The van der Waals surface area contributed by atoms with E-state index in [2.05, 4.69) is 16.9 Å². The monoisotopic (exact) mass is 215 g/mol. The summed E-state index contributed by atoms with van der Waals surface area (Å²) >= 11 is 0. The highest BCUT2D eigenvalue weighted by Gasteiger charge is 2.15. The third-order valence-corrected chi connectivity index (χ3v) is 2.43. The summed E-state index contributed by atoms with van der Waals surface area (Å²) < 4.78 is 0. The number of hydrogen-bond acceptors (Lipinski definition) is 3. The van der Waals surface area contributed by atoms with Crippen LogP contribution < -0.4 is 0 Å². The van der Waals surface area contributed by atoms with Crippen LogP contribution in [-0.2, 0) is 0 Å². The maximum absolute atomic E-state index is 9.57. The number of azide groups is 1. The fourth-order valence-electron chi connectivity index (χ4n) is 1.45. The van der Waals surface area contributed by atoms with Gasteiger partial charge in [-0.3, -0.25) is 0 Å². The van der Waals surface area contributed by atoms with Crippen molar-refractivity contribution in [1.29, 1.82) is 0 Å². The Morgan fingerprint density at radius 3 is 2.47 bits per heavy atom. The van der Waals surface area contributed by atoms with E-state index in [1.807, 2.05) is 0 Å². The van der Waals surface area contributed by atoms with Crippen molar-refractivity contribution in [2.45, 2.75) is 57.6 Å². The Bertz CT molecular complexity index is 193. The lowest BCUT2D eigenvalue weighted by Crippen LogP contribution is -2.27. The second-order valence-corrected chi connectivity index (χ2v) is 3.73. The summed E-state index contributed by atoms with van der Waals surface area (Å²) in [7, 11) is 0. The minimum absolute atomic E-state index is 0.291. The number of unbranched alkanes of at least 4 members (excludes halogenated alkanes) is 4. The molecule has 0 saturated heterocycles. The molecule has 0 aromatic carbocycles. The molecule has 0 aliphatic heterocycles. The minimum Gasteiger partial charge on any atom is -0.396 e. The molecule has 0 spiro atoms. The zero-order chi connectivity index (χ0) is 11.5. The summed E-state index contributed by atoms with van der Waals surface area (Å²) in [4.78, 5) is 2.59. The highest BCUT2D eigenvalue weighted by Crippen LogP contribution is 2.11. The van der Waals surface area contributed by atoms with Crippen LogP contribution in [0.2, 0.25) is 0 Å². The van der Waals surface area contributed by atoms with Crippen molar-refractivity contribution < 1.29 is 10.2 Å². The second kappa shape index (κ2) is 9.77. The highest BCUT2D eigenvalue weighted by molar-refractivity contribution is 4.75. The van der Waals surface area contributed by atoms with Gasteiger partial charge in [0, 0.05) is 4.91 Å². The quantitative estimate of drug-likeness (QED) is 0.267. The van der Waals surface area contributed by atoms with E-state index >= 15 is 0 Å². The maximum atomic E-state index is 9.57. The molecule has 2 N–H and O–H groups in total. The molecule has 0 aromatic rings. The zero-order valence-corrected chi connectivity index (χ0v) is 9.34. The van der Waals surface area contributed by atoms with E-state index in [1.54, 1.807) is 0 Å². The third-order valence-electron chi connectivity index (χ3n) is 2.43. The largest absolute Gasteiger partial charge is 0.396 e. The summed E-state index contributed by atoms with van der Waals surface area (Å²) in [5.74, 6) is 0. The van der Waals surface area contributed by atoms with Crippen molar-refractivity contribution in [2.24, 2.45) is 5.11 Å². The lowest BCUT2D eigenvalue weighted by molar-refractivity contribution is 0.0992. The van der Waals surface area contributed by atoms with Crippen molar-refractivity contribution in [2.75, 3.05) is 6.61 Å². The SMILES string of the molecule is CCCCCCC[C@@H](O)[C@H](CO)N=[N+]=[N-]. The van der Waals surface area contributed by atoms with Crippen LogP contribution in [0.25, 0.3) is 10.4 Å². The van der Waals surface area contributed by atoms with E-state index in [9.17, 15) is 5.11 Å². The molecule has 0 bridgehead atoms. The highest BCUT2D eigenvalue weighted by atomic mass is 16.3. The third kappa shape index (κ3) is 7.19. The van der Waals surface area contributed by atoms with Crippen LogP contribution in [0.5, 0.6) is 0 Å². The Hall–Kier alpha value is -0.770. The van der Waals surface area contributed by atoms with E-state index in [0.29, 0.717) is 6.42 Å². The predicted molar refractivity (Wildman–Crippen MR) is 59.4 cm³/mol. The van der Waals surface area contributed by atoms with Crippen LogP contribution in [0.4, 0.5) is 0 Å². The molecule has 0 heterocycles. The lowest BCUT2D eigenvalue weighted by atomic mass is 10.0. The zero-order valence-electron chi connectivity index (χ0n) is 9.34. The van der Waals surface area contributed by atoms with Crippen molar-refractivity contribution >= 4 is 0 Å². The van der Waals surface area contributed by atoms with Gasteiger partial charge in [0.05, 0.1) is 18.8 Å². The van der Waals surface area contributed by atoms with Gasteiger partial charge in [-0.05, 0) is 12.0 Å². The van der Waals surface area contributed by atoms with Crippen LogP contribution in [0.3, 0.4) is 0 Å². The molecule has 0 aliphatic carbocycles. The Labute approximate surface area is 90.7 Å². The Morgan fingerprint density at radius 1 is 1.27 bits per heavy atom. The van der Waals surface area contributed by atoms with Gasteiger partial charge in [-0.25, -0.2) is 0 Å². The molecule has 5 heteroatoms. The average molecular weight is 215 g/mol. The summed E-state index contributed by atoms with van der Waals surface area (Å²) in [5, 5.41) is 21.8. The van der Waals surface area contributed by atoms with Gasteiger partial charge in [0.15, 0.2) is 0 Å². The van der Waals surface area contributed by atoms with Gasteiger partial charge in [-0.2, -0.15) is 0 Å². The van der Waals surface area contributed by atoms with Gasteiger partial charge in [-0.15, -0.1) is 0 Å². The standard InChI is InChI=1S/C10H21N3O2/c1-2-3-4-5-6-7-10(15)9(8-14)12-13-11/h9-10,14-15H,2-8H2,1H3/t9-,10+/m0/s1. The molecule has 0 unspecified atom stereocenters. The van der Waals surface area contributed by atoms with Crippen molar-refractivity contribution in [1.82, 2.24) is 0 Å². The van der Waals surface area contributed by atoms with E-state index in [4.69, 9.17) is 10.6 Å². The maximum Gasteiger partial charge on any atom is 0.0864 e. The summed E-state index contributed by atoms with van der Waals surface area (Å²) in [6, 6.07) is -0.693. The first kappa shape index (κ1) is 14.2.